The molecule has 0 heterocycles. The van der Waals surface area contributed by atoms with E-state index in [0.29, 0.717) is 30.6 Å². The molecule has 0 aliphatic carbocycles. The Morgan fingerprint density at radius 1 is 1.00 bits per heavy atom. The molecule has 0 saturated heterocycles. The third-order valence-corrected chi connectivity index (χ3v) is 4.35. The molecule has 1 rings (SSSR count). The largest absolute Gasteiger partial charge is 0.461 e. The van der Waals surface area contributed by atoms with Crippen molar-refractivity contribution in [1.82, 2.24) is 4.90 Å². The zero-order valence-electron chi connectivity index (χ0n) is 17.7. The minimum absolute atomic E-state index is 0.279. The number of hydrogen-bond acceptors (Lipinski definition) is 4. The maximum Gasteiger partial charge on any atom is 0.409 e. The molecule has 1 aromatic rings. The molecule has 27 heavy (non-hydrogen) atoms. The average Bonchev–Trinajstić information content (AvgIpc) is 2.59. The Kier molecular flexibility index (Phi) is 9.33. The number of nitrogens with zero attached hydrogens (tertiary/aromatic N) is 1. The zero-order chi connectivity index (χ0) is 20.4. The summed E-state index contributed by atoms with van der Waals surface area (Å²) in [7, 11) is 1.74. The van der Waals surface area contributed by atoms with Crippen molar-refractivity contribution in [3.05, 3.63) is 35.9 Å². The number of carbonyl (C=O) groups excluding carboxylic acids is 2. The summed E-state index contributed by atoms with van der Waals surface area (Å²) in [5.41, 5.74) is 0.230. The minimum atomic E-state index is -0.344. The molecule has 0 aliphatic heterocycles. The Morgan fingerprint density at radius 2 is 1.56 bits per heavy atom. The van der Waals surface area contributed by atoms with Crippen LogP contribution in [0.4, 0.5) is 4.79 Å². The van der Waals surface area contributed by atoms with Crippen LogP contribution in [0.15, 0.2) is 30.3 Å². The summed E-state index contributed by atoms with van der Waals surface area (Å²) in [5, 5.41) is 0. The lowest BCUT2D eigenvalue weighted by atomic mass is 9.74. The van der Waals surface area contributed by atoms with Gasteiger partial charge in [-0.3, -0.25) is 0 Å². The van der Waals surface area contributed by atoms with Crippen LogP contribution >= 0.6 is 0 Å². The van der Waals surface area contributed by atoms with E-state index in [1.54, 1.807) is 31.0 Å². The van der Waals surface area contributed by atoms with Gasteiger partial charge in [0.25, 0.3) is 0 Å². The van der Waals surface area contributed by atoms with Crippen molar-refractivity contribution in [3.8, 4) is 0 Å². The van der Waals surface area contributed by atoms with Crippen LogP contribution in [0.5, 0.6) is 0 Å². The van der Waals surface area contributed by atoms with Gasteiger partial charge in [-0.25, -0.2) is 9.59 Å². The molecule has 5 heteroatoms. The molecule has 0 saturated carbocycles. The third kappa shape index (κ3) is 8.02. The number of esters is 1. The Hall–Kier alpha value is -2.04. The number of carbonyl (C=O) groups is 2. The molecule has 0 aliphatic rings. The minimum Gasteiger partial charge on any atom is -0.461 e. The second-order valence-electron chi connectivity index (χ2n) is 8.19. The number of rotatable bonds is 10. The van der Waals surface area contributed by atoms with Crippen molar-refractivity contribution in [3.63, 3.8) is 0 Å². The van der Waals surface area contributed by atoms with E-state index < -0.39 is 0 Å². The van der Waals surface area contributed by atoms with Crippen molar-refractivity contribution in [2.45, 2.75) is 47.5 Å². The summed E-state index contributed by atoms with van der Waals surface area (Å²) in [6, 6.07) is 9.01. The van der Waals surface area contributed by atoms with Crippen LogP contribution in [0.2, 0.25) is 0 Å². The Balaban J connectivity index is 2.99. The van der Waals surface area contributed by atoms with E-state index in [1.165, 1.54) is 0 Å². The lowest BCUT2D eigenvalue weighted by Crippen LogP contribution is -2.44. The fourth-order valence-electron chi connectivity index (χ4n) is 3.79. The fourth-order valence-corrected chi connectivity index (χ4v) is 3.79. The summed E-state index contributed by atoms with van der Waals surface area (Å²) in [5.74, 6) is 0.496. The quantitative estimate of drug-likeness (QED) is 0.538. The van der Waals surface area contributed by atoms with Crippen molar-refractivity contribution < 1.29 is 19.1 Å². The highest BCUT2D eigenvalue weighted by molar-refractivity contribution is 5.89. The van der Waals surface area contributed by atoms with Gasteiger partial charge in [-0.15, -0.1) is 0 Å². The standard InChI is InChI=1S/C22H35NO4/c1-7-26-21(25)23(6)15-22(13-17(2)3,14-18(4)5)16-27-20(24)19-11-9-8-10-12-19/h8-12,17-18H,7,13-16H2,1-6H3. The summed E-state index contributed by atoms with van der Waals surface area (Å²) in [6.07, 6.45) is 1.37. The van der Waals surface area contributed by atoms with E-state index in [-0.39, 0.29) is 24.1 Å². The normalized spacial score (nSPS) is 11.6. The van der Waals surface area contributed by atoms with E-state index in [1.807, 2.05) is 18.2 Å². The predicted octanol–water partition coefficient (Wildman–Crippen LogP) is 5.01. The molecule has 0 N–H and O–H groups in total. The molecule has 0 unspecified atom stereocenters. The molecule has 0 radical (unpaired) electrons. The third-order valence-electron chi connectivity index (χ3n) is 4.35. The molecule has 5 nitrogen and oxygen atoms in total. The average molecular weight is 378 g/mol. The topological polar surface area (TPSA) is 55.8 Å². The molecule has 152 valence electrons. The predicted molar refractivity (Wildman–Crippen MR) is 108 cm³/mol. The first-order chi connectivity index (χ1) is 12.7. The van der Waals surface area contributed by atoms with Crippen molar-refractivity contribution in [2.75, 3.05) is 26.8 Å². The summed E-state index contributed by atoms with van der Waals surface area (Å²) >= 11 is 0. The van der Waals surface area contributed by atoms with Crippen LogP contribution in [-0.2, 0) is 9.47 Å². The van der Waals surface area contributed by atoms with Gasteiger partial charge in [0.05, 0.1) is 18.8 Å². The summed E-state index contributed by atoms with van der Waals surface area (Å²) in [4.78, 5) is 26.2. The van der Waals surface area contributed by atoms with Gasteiger partial charge in [0.2, 0.25) is 0 Å². The Labute approximate surface area is 164 Å². The van der Waals surface area contributed by atoms with Gasteiger partial charge in [-0.1, -0.05) is 45.9 Å². The highest BCUT2D eigenvalue weighted by atomic mass is 16.6. The summed E-state index contributed by atoms with van der Waals surface area (Å²) in [6.45, 7) is 11.5. The fraction of sp³-hybridized carbons (Fsp3) is 0.636. The van der Waals surface area contributed by atoms with Crippen LogP contribution in [0.1, 0.15) is 57.8 Å². The second kappa shape index (κ2) is 11.0. The van der Waals surface area contributed by atoms with Crippen LogP contribution < -0.4 is 0 Å². The van der Waals surface area contributed by atoms with Gasteiger partial charge in [-0.2, -0.15) is 0 Å². The van der Waals surface area contributed by atoms with Gasteiger partial charge in [0.15, 0.2) is 0 Å². The van der Waals surface area contributed by atoms with Crippen LogP contribution in [0.3, 0.4) is 0 Å². The van der Waals surface area contributed by atoms with Gasteiger partial charge in [0.1, 0.15) is 0 Å². The van der Waals surface area contributed by atoms with Crippen molar-refractivity contribution in [1.29, 1.82) is 0 Å². The van der Waals surface area contributed by atoms with Crippen LogP contribution in [-0.4, -0.2) is 43.8 Å². The van der Waals surface area contributed by atoms with E-state index in [0.717, 1.165) is 12.8 Å². The van der Waals surface area contributed by atoms with Crippen molar-refractivity contribution >= 4 is 12.1 Å². The molecular formula is C22H35NO4. The summed E-state index contributed by atoms with van der Waals surface area (Å²) < 4.78 is 10.9. The maximum absolute atomic E-state index is 12.5. The van der Waals surface area contributed by atoms with Gasteiger partial charge in [0, 0.05) is 19.0 Å². The molecule has 0 aromatic heterocycles. The molecule has 1 amide bonds. The smallest absolute Gasteiger partial charge is 0.409 e. The number of hydrogen-bond donors (Lipinski definition) is 0. The lowest BCUT2D eigenvalue weighted by molar-refractivity contribution is 0.00392. The molecule has 1 aromatic carbocycles. The SMILES string of the molecule is CCOC(=O)N(C)CC(COC(=O)c1ccccc1)(CC(C)C)CC(C)C. The van der Waals surface area contributed by atoms with Gasteiger partial charge >= 0.3 is 12.1 Å². The molecule has 0 bridgehead atoms. The molecule has 0 atom stereocenters. The van der Waals surface area contributed by atoms with E-state index in [2.05, 4.69) is 27.7 Å². The van der Waals surface area contributed by atoms with E-state index in [4.69, 9.17) is 9.47 Å². The first kappa shape index (κ1) is 23.0. The molecular weight excluding hydrogens is 342 g/mol. The van der Waals surface area contributed by atoms with Crippen LogP contribution in [0.25, 0.3) is 0 Å². The van der Waals surface area contributed by atoms with Crippen LogP contribution in [0, 0.1) is 17.3 Å². The monoisotopic (exact) mass is 377 g/mol. The second-order valence-corrected chi connectivity index (χ2v) is 8.19. The zero-order valence-corrected chi connectivity index (χ0v) is 17.7. The number of benzene rings is 1. The maximum atomic E-state index is 12.5. The highest BCUT2D eigenvalue weighted by Gasteiger charge is 2.36. The van der Waals surface area contributed by atoms with Gasteiger partial charge < -0.3 is 14.4 Å². The number of ether oxygens (including phenoxy) is 2. The first-order valence-corrected chi connectivity index (χ1v) is 9.79. The number of amides is 1. The van der Waals surface area contributed by atoms with E-state index in [9.17, 15) is 9.59 Å². The molecule has 0 fully saturated rings. The highest BCUT2D eigenvalue weighted by Crippen LogP contribution is 2.35. The Morgan fingerprint density at radius 3 is 2.04 bits per heavy atom. The van der Waals surface area contributed by atoms with Gasteiger partial charge in [-0.05, 0) is 43.7 Å². The molecule has 0 spiro atoms. The van der Waals surface area contributed by atoms with Crippen molar-refractivity contribution in [2.24, 2.45) is 17.3 Å². The Bertz CT molecular complexity index is 573. The first-order valence-electron chi connectivity index (χ1n) is 9.79. The van der Waals surface area contributed by atoms with E-state index >= 15 is 0 Å². The lowest BCUT2D eigenvalue weighted by Gasteiger charge is -2.39.